The lowest BCUT2D eigenvalue weighted by molar-refractivity contribution is -0.118. The maximum atomic E-state index is 12.4. The molecule has 33 heavy (non-hydrogen) atoms. The molecule has 0 aliphatic rings. The predicted molar refractivity (Wildman–Crippen MR) is 135 cm³/mol. The van der Waals surface area contributed by atoms with Gasteiger partial charge >= 0.3 is 0 Å². The number of anilines is 1. The van der Waals surface area contributed by atoms with Crippen LogP contribution in [0.1, 0.15) is 11.1 Å². The monoisotopic (exact) mass is 500 g/mol. The second-order valence-electron chi connectivity index (χ2n) is 7.92. The summed E-state index contributed by atoms with van der Waals surface area (Å²) < 4.78 is 12.7. The number of nitrogens with zero attached hydrogens (tertiary/aromatic N) is 1. The van der Waals surface area contributed by atoms with E-state index in [0.717, 1.165) is 26.4 Å². The summed E-state index contributed by atoms with van der Waals surface area (Å²) in [6, 6.07) is 23.3. The predicted octanol–water partition coefficient (Wildman–Crippen LogP) is 7.04. The number of rotatable bonds is 5. The minimum absolute atomic E-state index is 0.0739. The van der Waals surface area contributed by atoms with Gasteiger partial charge in [0.1, 0.15) is 11.3 Å². The number of hydrogen-bond acceptors (Lipinski definition) is 4. The van der Waals surface area contributed by atoms with Gasteiger partial charge < -0.3 is 14.5 Å². The summed E-state index contributed by atoms with van der Waals surface area (Å²) in [5.41, 5.74) is 5.18. The number of carbonyl (C=O) groups is 1. The highest BCUT2D eigenvalue weighted by Gasteiger charge is 2.13. The highest BCUT2D eigenvalue weighted by atomic mass is 79.9. The van der Waals surface area contributed by atoms with Crippen LogP contribution in [0, 0.1) is 13.8 Å². The molecule has 6 heteroatoms. The number of hydrogen-bond donors (Lipinski definition) is 1. The topological polar surface area (TPSA) is 64.4 Å². The molecule has 0 atom stereocenters. The number of halogens is 1. The number of benzene rings is 4. The summed E-state index contributed by atoms with van der Waals surface area (Å²) >= 11 is 3.60. The molecular weight excluding hydrogens is 480 g/mol. The molecule has 0 aliphatic heterocycles. The Morgan fingerprint density at radius 1 is 0.970 bits per heavy atom. The minimum atomic E-state index is -0.241. The van der Waals surface area contributed by atoms with Gasteiger partial charge in [0.05, 0.1) is 0 Å². The molecular formula is C27H21BrN2O3. The Kier molecular flexibility index (Phi) is 5.60. The zero-order valence-electron chi connectivity index (χ0n) is 18.2. The van der Waals surface area contributed by atoms with E-state index in [-0.39, 0.29) is 12.5 Å². The van der Waals surface area contributed by atoms with E-state index in [1.54, 1.807) is 12.1 Å². The standard InChI is InChI=1S/C27H21BrN2O3/c1-16-9-11-19(13-17(16)2)32-15-26(31)29-18-10-12-25-24(14-18)30-27(33-25)22-7-3-6-21-20(22)5-4-8-23(21)28/h3-14H,15H2,1-2H3,(H,29,31). The Morgan fingerprint density at radius 2 is 1.79 bits per heavy atom. The van der Waals surface area contributed by atoms with Crippen molar-refractivity contribution >= 4 is 49.4 Å². The van der Waals surface area contributed by atoms with Gasteiger partial charge in [-0.25, -0.2) is 4.98 Å². The van der Waals surface area contributed by atoms with Crippen LogP contribution in [0.25, 0.3) is 33.3 Å². The van der Waals surface area contributed by atoms with Crippen molar-refractivity contribution in [1.29, 1.82) is 0 Å². The molecule has 0 saturated carbocycles. The van der Waals surface area contributed by atoms with Gasteiger partial charge in [0.25, 0.3) is 5.91 Å². The Bertz CT molecular complexity index is 1510. The fourth-order valence-corrected chi connectivity index (χ4v) is 4.23. The quantitative estimate of drug-likeness (QED) is 0.281. The van der Waals surface area contributed by atoms with Crippen LogP contribution in [0.15, 0.2) is 81.7 Å². The summed E-state index contributed by atoms with van der Waals surface area (Å²) in [6.07, 6.45) is 0. The van der Waals surface area contributed by atoms with Crippen LogP contribution in [-0.4, -0.2) is 17.5 Å². The van der Waals surface area contributed by atoms with E-state index in [1.165, 1.54) is 5.56 Å². The van der Waals surface area contributed by atoms with Gasteiger partial charge in [-0.2, -0.15) is 0 Å². The number of fused-ring (bicyclic) bond motifs is 2. The number of amides is 1. The lowest BCUT2D eigenvalue weighted by atomic mass is 10.0. The molecule has 1 N–H and O–H groups in total. The van der Waals surface area contributed by atoms with Crippen molar-refractivity contribution in [3.8, 4) is 17.2 Å². The summed E-state index contributed by atoms with van der Waals surface area (Å²) in [4.78, 5) is 17.1. The summed E-state index contributed by atoms with van der Waals surface area (Å²) in [5.74, 6) is 0.969. The highest BCUT2D eigenvalue weighted by Crippen LogP contribution is 2.34. The molecule has 0 aliphatic carbocycles. The molecule has 5 rings (SSSR count). The lowest BCUT2D eigenvalue weighted by Gasteiger charge is -2.09. The van der Waals surface area contributed by atoms with Crippen LogP contribution in [0.5, 0.6) is 5.75 Å². The fraction of sp³-hybridized carbons (Fsp3) is 0.111. The summed E-state index contributed by atoms with van der Waals surface area (Å²) in [7, 11) is 0. The number of aromatic nitrogens is 1. The maximum Gasteiger partial charge on any atom is 0.262 e. The van der Waals surface area contributed by atoms with Crippen LogP contribution >= 0.6 is 15.9 Å². The molecule has 4 aromatic carbocycles. The Balaban J connectivity index is 1.35. The smallest absolute Gasteiger partial charge is 0.262 e. The third kappa shape index (κ3) is 4.34. The van der Waals surface area contributed by atoms with E-state index in [0.29, 0.717) is 28.4 Å². The first-order valence-corrected chi connectivity index (χ1v) is 11.4. The van der Waals surface area contributed by atoms with E-state index >= 15 is 0 Å². The average molecular weight is 501 g/mol. The SMILES string of the molecule is Cc1ccc(OCC(=O)Nc2ccc3oc(-c4cccc5c(Br)cccc45)nc3c2)cc1C. The van der Waals surface area contributed by atoms with Gasteiger partial charge in [-0.3, -0.25) is 4.79 Å². The summed E-state index contributed by atoms with van der Waals surface area (Å²) in [5, 5.41) is 5.01. The zero-order chi connectivity index (χ0) is 22.9. The molecule has 0 unspecified atom stereocenters. The molecule has 0 spiro atoms. The first-order valence-electron chi connectivity index (χ1n) is 10.6. The number of ether oxygens (including phenoxy) is 1. The largest absolute Gasteiger partial charge is 0.484 e. The van der Waals surface area contributed by atoms with Crippen molar-refractivity contribution in [3.05, 3.63) is 88.4 Å². The van der Waals surface area contributed by atoms with Crippen molar-refractivity contribution in [1.82, 2.24) is 4.98 Å². The molecule has 0 bridgehead atoms. The normalized spacial score (nSPS) is 11.1. The van der Waals surface area contributed by atoms with Gasteiger partial charge in [-0.05, 0) is 78.2 Å². The van der Waals surface area contributed by atoms with Crippen LogP contribution in [-0.2, 0) is 4.79 Å². The number of aryl methyl sites for hydroxylation is 2. The van der Waals surface area contributed by atoms with Gasteiger partial charge in [0.15, 0.2) is 12.2 Å². The Morgan fingerprint density at radius 3 is 2.64 bits per heavy atom. The van der Waals surface area contributed by atoms with Crippen molar-refractivity contribution in [2.24, 2.45) is 0 Å². The molecule has 1 amide bonds. The first kappa shape index (κ1) is 21.2. The highest BCUT2D eigenvalue weighted by molar-refractivity contribution is 9.10. The van der Waals surface area contributed by atoms with Crippen LogP contribution in [0.3, 0.4) is 0 Å². The van der Waals surface area contributed by atoms with E-state index in [4.69, 9.17) is 9.15 Å². The maximum absolute atomic E-state index is 12.4. The van der Waals surface area contributed by atoms with E-state index in [1.807, 2.05) is 68.4 Å². The third-order valence-electron chi connectivity index (χ3n) is 5.62. The van der Waals surface area contributed by atoms with Crippen molar-refractivity contribution in [2.45, 2.75) is 13.8 Å². The molecule has 0 saturated heterocycles. The minimum Gasteiger partial charge on any atom is -0.484 e. The molecule has 1 aromatic heterocycles. The molecule has 0 fully saturated rings. The molecule has 1 heterocycles. The lowest BCUT2D eigenvalue weighted by Crippen LogP contribution is -2.20. The second-order valence-corrected chi connectivity index (χ2v) is 8.78. The van der Waals surface area contributed by atoms with Crippen molar-refractivity contribution in [3.63, 3.8) is 0 Å². The van der Waals surface area contributed by atoms with Gasteiger partial charge in [-0.1, -0.05) is 46.3 Å². The number of nitrogens with one attached hydrogen (secondary N) is 1. The number of carbonyl (C=O) groups excluding carboxylic acids is 1. The Labute approximate surface area is 199 Å². The number of oxazole rings is 1. The van der Waals surface area contributed by atoms with Gasteiger partial charge in [-0.15, -0.1) is 0 Å². The molecule has 5 aromatic rings. The second kappa shape index (κ2) is 8.71. The van der Waals surface area contributed by atoms with Crippen LogP contribution in [0.4, 0.5) is 5.69 Å². The van der Waals surface area contributed by atoms with Crippen molar-refractivity contribution in [2.75, 3.05) is 11.9 Å². The van der Waals surface area contributed by atoms with Crippen LogP contribution in [0.2, 0.25) is 0 Å². The van der Waals surface area contributed by atoms with E-state index in [9.17, 15) is 4.79 Å². The first-order chi connectivity index (χ1) is 16.0. The van der Waals surface area contributed by atoms with Gasteiger partial charge in [0.2, 0.25) is 5.89 Å². The molecule has 5 nitrogen and oxygen atoms in total. The molecule has 164 valence electrons. The van der Waals surface area contributed by atoms with Crippen molar-refractivity contribution < 1.29 is 13.9 Å². The van der Waals surface area contributed by atoms with Crippen LogP contribution < -0.4 is 10.1 Å². The fourth-order valence-electron chi connectivity index (χ4n) is 3.73. The zero-order valence-corrected chi connectivity index (χ0v) is 19.8. The summed E-state index contributed by atoms with van der Waals surface area (Å²) in [6.45, 7) is 3.98. The molecule has 0 radical (unpaired) electrons. The van der Waals surface area contributed by atoms with Gasteiger partial charge in [0, 0.05) is 15.7 Å². The Hall–Kier alpha value is -3.64. The average Bonchev–Trinajstić information content (AvgIpc) is 3.23. The van der Waals surface area contributed by atoms with E-state index < -0.39 is 0 Å². The van der Waals surface area contributed by atoms with E-state index in [2.05, 4.69) is 32.3 Å². The third-order valence-corrected chi connectivity index (χ3v) is 6.31.